The summed E-state index contributed by atoms with van der Waals surface area (Å²) in [5.74, 6) is -0.881. The Morgan fingerprint density at radius 2 is 2.42 bits per heavy atom. The molecule has 5 heteroatoms. The molecule has 12 heavy (non-hydrogen) atoms. The molecule has 0 aliphatic carbocycles. The van der Waals surface area contributed by atoms with Crippen molar-refractivity contribution >= 4 is 24.1 Å². The van der Waals surface area contributed by atoms with Gasteiger partial charge in [0, 0.05) is 12.4 Å². The number of hydrogen-bond acceptors (Lipinski definition) is 3. The van der Waals surface area contributed by atoms with E-state index in [0.29, 0.717) is 0 Å². The number of nitrogens with one attached hydrogen (secondary N) is 1. The number of carboxylic acid groups (broad SMARTS) is 1. The highest BCUT2D eigenvalue weighted by atomic mass is 35.5. The van der Waals surface area contributed by atoms with Gasteiger partial charge in [-0.2, -0.15) is 0 Å². The number of rotatable bonds is 3. The van der Waals surface area contributed by atoms with E-state index in [0.717, 1.165) is 5.69 Å². The molecule has 66 valence electrons. The Labute approximate surface area is 76.0 Å². The van der Waals surface area contributed by atoms with Gasteiger partial charge in [-0.1, -0.05) is 0 Å². The second-order valence-electron chi connectivity index (χ2n) is 1.99. The van der Waals surface area contributed by atoms with E-state index in [2.05, 4.69) is 10.3 Å². The van der Waals surface area contributed by atoms with Crippen LogP contribution in [0.25, 0.3) is 0 Å². The fourth-order valence-corrected chi connectivity index (χ4v) is 0.645. The molecule has 0 radical (unpaired) electrons. The van der Waals surface area contributed by atoms with Gasteiger partial charge in [0.1, 0.15) is 6.54 Å². The Balaban J connectivity index is 0.00000121. The third kappa shape index (κ3) is 3.78. The van der Waals surface area contributed by atoms with Gasteiger partial charge in [0.25, 0.3) is 0 Å². The topological polar surface area (TPSA) is 62.2 Å². The molecule has 0 aliphatic rings. The first-order chi connectivity index (χ1) is 5.29. The normalized spacial score (nSPS) is 8.33. The van der Waals surface area contributed by atoms with Crippen LogP contribution < -0.4 is 5.32 Å². The largest absolute Gasteiger partial charge is 0.480 e. The summed E-state index contributed by atoms with van der Waals surface area (Å²) in [6, 6.07) is 3.50. The number of halogens is 1. The lowest BCUT2D eigenvalue weighted by molar-refractivity contribution is -0.134. The molecular formula is C7H9ClN2O2. The molecule has 1 heterocycles. The van der Waals surface area contributed by atoms with Crippen LogP contribution in [0.2, 0.25) is 0 Å². The molecule has 2 N–H and O–H groups in total. The van der Waals surface area contributed by atoms with Crippen LogP contribution in [-0.4, -0.2) is 22.6 Å². The summed E-state index contributed by atoms with van der Waals surface area (Å²) in [7, 11) is 0. The van der Waals surface area contributed by atoms with Gasteiger partial charge >= 0.3 is 5.97 Å². The smallest absolute Gasteiger partial charge is 0.322 e. The molecule has 0 amide bonds. The van der Waals surface area contributed by atoms with Crippen molar-refractivity contribution in [1.82, 2.24) is 4.98 Å². The molecular weight excluding hydrogens is 180 g/mol. The van der Waals surface area contributed by atoms with Crippen LogP contribution in [-0.2, 0) is 4.79 Å². The number of pyridine rings is 1. The van der Waals surface area contributed by atoms with E-state index in [9.17, 15) is 4.79 Å². The predicted molar refractivity (Wildman–Crippen MR) is 47.6 cm³/mol. The minimum absolute atomic E-state index is 0. The van der Waals surface area contributed by atoms with Gasteiger partial charge in [-0.3, -0.25) is 9.78 Å². The molecule has 0 saturated heterocycles. The zero-order valence-corrected chi connectivity index (χ0v) is 7.04. The van der Waals surface area contributed by atoms with Crippen LogP contribution in [0.1, 0.15) is 0 Å². The first kappa shape index (κ1) is 10.7. The molecule has 1 aromatic heterocycles. The molecule has 0 bridgehead atoms. The Morgan fingerprint density at radius 3 is 2.92 bits per heavy atom. The fraction of sp³-hybridized carbons (Fsp3) is 0.143. The predicted octanol–water partition coefficient (Wildman–Crippen LogP) is 1.000. The lowest BCUT2D eigenvalue weighted by Gasteiger charge is -1.99. The highest BCUT2D eigenvalue weighted by Gasteiger charge is 1.94. The Kier molecular flexibility index (Phi) is 4.79. The zero-order valence-electron chi connectivity index (χ0n) is 6.23. The summed E-state index contributed by atoms with van der Waals surface area (Å²) >= 11 is 0. The summed E-state index contributed by atoms with van der Waals surface area (Å²) < 4.78 is 0. The molecule has 1 aromatic rings. The fourth-order valence-electron chi connectivity index (χ4n) is 0.645. The monoisotopic (exact) mass is 188 g/mol. The Morgan fingerprint density at radius 1 is 1.67 bits per heavy atom. The number of aromatic nitrogens is 1. The van der Waals surface area contributed by atoms with Gasteiger partial charge in [0.2, 0.25) is 0 Å². The van der Waals surface area contributed by atoms with Crippen molar-refractivity contribution in [2.45, 2.75) is 0 Å². The lowest BCUT2D eigenvalue weighted by Crippen LogP contribution is -2.12. The number of carbonyl (C=O) groups is 1. The van der Waals surface area contributed by atoms with Crippen molar-refractivity contribution in [2.24, 2.45) is 0 Å². The number of anilines is 1. The highest BCUT2D eigenvalue weighted by Crippen LogP contribution is 2.00. The molecule has 0 fully saturated rings. The highest BCUT2D eigenvalue weighted by molar-refractivity contribution is 5.85. The zero-order chi connectivity index (χ0) is 8.10. The van der Waals surface area contributed by atoms with Crippen LogP contribution in [0.5, 0.6) is 0 Å². The minimum atomic E-state index is -0.881. The van der Waals surface area contributed by atoms with Crippen molar-refractivity contribution in [3.05, 3.63) is 24.5 Å². The minimum Gasteiger partial charge on any atom is -0.480 e. The van der Waals surface area contributed by atoms with Gasteiger partial charge in [-0.15, -0.1) is 12.4 Å². The maximum Gasteiger partial charge on any atom is 0.322 e. The van der Waals surface area contributed by atoms with Crippen molar-refractivity contribution in [1.29, 1.82) is 0 Å². The van der Waals surface area contributed by atoms with Gasteiger partial charge in [-0.25, -0.2) is 0 Å². The summed E-state index contributed by atoms with van der Waals surface area (Å²) in [4.78, 5) is 13.9. The van der Waals surface area contributed by atoms with Crippen LogP contribution in [0.15, 0.2) is 24.5 Å². The lowest BCUT2D eigenvalue weighted by atomic mass is 10.4. The molecule has 0 spiro atoms. The van der Waals surface area contributed by atoms with Gasteiger partial charge in [-0.05, 0) is 12.1 Å². The molecule has 0 aromatic carbocycles. The average Bonchev–Trinajstić information content (AvgIpc) is 2.03. The second kappa shape index (κ2) is 5.37. The van der Waals surface area contributed by atoms with Gasteiger partial charge in [0.05, 0.1) is 5.69 Å². The van der Waals surface area contributed by atoms with E-state index in [1.807, 2.05) is 0 Å². The first-order valence-electron chi connectivity index (χ1n) is 3.15. The molecule has 0 aliphatic heterocycles. The van der Waals surface area contributed by atoms with Crippen molar-refractivity contribution in [3.8, 4) is 0 Å². The van der Waals surface area contributed by atoms with Crippen LogP contribution in [0.4, 0.5) is 5.69 Å². The van der Waals surface area contributed by atoms with Crippen molar-refractivity contribution in [3.63, 3.8) is 0 Å². The Hall–Kier alpha value is -1.29. The standard InChI is InChI=1S/C7H8N2O2.ClH/c10-7(11)5-9-6-2-1-3-8-4-6;/h1-4,9H,5H2,(H,10,11);1H. The SMILES string of the molecule is Cl.O=C(O)CNc1cccnc1. The molecule has 0 atom stereocenters. The molecule has 1 rings (SSSR count). The summed E-state index contributed by atoms with van der Waals surface area (Å²) in [5.41, 5.74) is 0.718. The van der Waals surface area contributed by atoms with E-state index in [1.165, 1.54) is 0 Å². The molecule has 0 saturated carbocycles. The van der Waals surface area contributed by atoms with Crippen LogP contribution in [0, 0.1) is 0 Å². The summed E-state index contributed by atoms with van der Waals surface area (Å²) in [6.07, 6.45) is 3.20. The Bertz CT molecular complexity index is 240. The van der Waals surface area contributed by atoms with Crippen LogP contribution in [0.3, 0.4) is 0 Å². The number of nitrogens with zero attached hydrogens (tertiary/aromatic N) is 1. The van der Waals surface area contributed by atoms with Gasteiger partial charge < -0.3 is 10.4 Å². The molecule has 4 nitrogen and oxygen atoms in total. The second-order valence-corrected chi connectivity index (χ2v) is 1.99. The van der Waals surface area contributed by atoms with Crippen LogP contribution >= 0.6 is 12.4 Å². The molecule has 0 unspecified atom stereocenters. The summed E-state index contributed by atoms with van der Waals surface area (Å²) in [5, 5.41) is 11.0. The van der Waals surface area contributed by atoms with E-state index < -0.39 is 5.97 Å². The maximum absolute atomic E-state index is 10.1. The van der Waals surface area contributed by atoms with E-state index >= 15 is 0 Å². The van der Waals surface area contributed by atoms with Gasteiger partial charge in [0.15, 0.2) is 0 Å². The number of hydrogen-bond donors (Lipinski definition) is 2. The quantitative estimate of drug-likeness (QED) is 0.743. The van der Waals surface area contributed by atoms with E-state index in [-0.39, 0.29) is 19.0 Å². The average molecular weight is 189 g/mol. The third-order valence-corrected chi connectivity index (χ3v) is 1.11. The van der Waals surface area contributed by atoms with Crippen molar-refractivity contribution < 1.29 is 9.90 Å². The first-order valence-corrected chi connectivity index (χ1v) is 3.15. The van der Waals surface area contributed by atoms with E-state index in [4.69, 9.17) is 5.11 Å². The summed E-state index contributed by atoms with van der Waals surface area (Å²) in [6.45, 7) is -0.0777. The third-order valence-electron chi connectivity index (χ3n) is 1.11. The van der Waals surface area contributed by atoms with Crippen molar-refractivity contribution in [2.75, 3.05) is 11.9 Å². The maximum atomic E-state index is 10.1. The van der Waals surface area contributed by atoms with E-state index in [1.54, 1.807) is 24.5 Å². The number of carboxylic acids is 1. The number of aliphatic carboxylic acids is 1.